The molecule has 0 amide bonds. The van der Waals surface area contributed by atoms with Crippen molar-refractivity contribution < 1.29 is 0 Å². The number of anilines is 12. The Morgan fingerprint density at radius 3 is 0.440 bits per heavy atom. The van der Waals surface area contributed by atoms with Crippen molar-refractivity contribution in [2.45, 2.75) is 125 Å². The van der Waals surface area contributed by atoms with E-state index in [-0.39, 0.29) is 0 Å². The average molecular weight is 1930 g/mol. The molecule has 0 heterocycles. The number of hydrogen-bond donors (Lipinski definition) is 0. The minimum atomic E-state index is 1.10. The number of rotatable bonds is 20. The van der Waals surface area contributed by atoms with Gasteiger partial charge in [-0.15, -0.1) is 0 Å². The summed E-state index contributed by atoms with van der Waals surface area (Å²) < 4.78 is 0. The fourth-order valence-electron chi connectivity index (χ4n) is 24.8. The van der Waals surface area contributed by atoms with Gasteiger partial charge in [0.05, 0.1) is 22.7 Å². The molecule has 0 bridgehead atoms. The lowest BCUT2D eigenvalue weighted by atomic mass is 9.89. The Bertz CT molecular complexity index is 8420. The van der Waals surface area contributed by atoms with Crippen molar-refractivity contribution in [1.29, 1.82) is 0 Å². The Balaban J connectivity index is 0.000000164. The van der Waals surface area contributed by atoms with Crippen LogP contribution in [0.15, 0.2) is 425 Å². The lowest BCUT2D eigenvalue weighted by Gasteiger charge is -2.30. The molecule has 0 N–H and O–H groups in total. The third-order valence-corrected chi connectivity index (χ3v) is 31.7. The maximum Gasteiger partial charge on any atom is 0.0540 e. The first-order valence-electron chi connectivity index (χ1n) is 52.8. The van der Waals surface area contributed by atoms with Gasteiger partial charge in [0.1, 0.15) is 0 Å². The fraction of sp³-hybridized carbons (Fsp3) is 0.123. The van der Waals surface area contributed by atoms with Crippen LogP contribution in [-0.2, 0) is 0 Å². The van der Waals surface area contributed by atoms with Crippen molar-refractivity contribution in [3.05, 3.63) is 525 Å². The molecule has 24 rings (SSSR count). The van der Waals surface area contributed by atoms with Gasteiger partial charge in [0.25, 0.3) is 0 Å². The summed E-state index contributed by atoms with van der Waals surface area (Å²) in [5.41, 5.74) is 56.1. The van der Waals surface area contributed by atoms with Crippen LogP contribution < -0.4 is 19.6 Å². The summed E-state index contributed by atoms with van der Waals surface area (Å²) in [6.45, 7) is 40.2. The molecule has 24 aromatic rings. The Hall–Kier alpha value is -17.4. The molecular weight excluding hydrogens is 1810 g/mol. The Morgan fingerprint density at radius 1 is 0.120 bits per heavy atom. The molecule has 0 atom stereocenters. The lowest BCUT2D eigenvalue weighted by Crippen LogP contribution is -2.12. The van der Waals surface area contributed by atoms with Crippen LogP contribution in [-0.4, -0.2) is 0 Å². The van der Waals surface area contributed by atoms with Crippen molar-refractivity contribution in [2.24, 2.45) is 0 Å². The molecule has 150 heavy (non-hydrogen) atoms. The molecule has 0 aliphatic heterocycles. The van der Waals surface area contributed by atoms with Crippen molar-refractivity contribution in [3.8, 4) is 89.0 Å². The second-order valence-electron chi connectivity index (χ2n) is 42.1. The van der Waals surface area contributed by atoms with Crippen LogP contribution in [0.2, 0.25) is 0 Å². The Kier molecular flexibility index (Phi) is 25.2. The van der Waals surface area contributed by atoms with Crippen LogP contribution in [0.1, 0.15) is 100 Å². The van der Waals surface area contributed by atoms with E-state index in [1.165, 1.54) is 254 Å². The van der Waals surface area contributed by atoms with Crippen LogP contribution in [0.25, 0.3) is 154 Å². The molecule has 0 saturated heterocycles. The quantitative estimate of drug-likeness (QED) is 0.0705. The topological polar surface area (TPSA) is 13.0 Å². The van der Waals surface area contributed by atoms with E-state index in [1.807, 2.05) is 0 Å². The molecule has 0 radical (unpaired) electrons. The summed E-state index contributed by atoms with van der Waals surface area (Å²) in [6.07, 6.45) is 0. The maximum atomic E-state index is 2.51. The highest BCUT2D eigenvalue weighted by molar-refractivity contribution is 6.30. The largest absolute Gasteiger partial charge is 0.310 e. The van der Waals surface area contributed by atoms with Gasteiger partial charge in [-0.25, -0.2) is 0 Å². The third-order valence-electron chi connectivity index (χ3n) is 31.7. The summed E-state index contributed by atoms with van der Waals surface area (Å²) in [4.78, 5) is 10.00. The van der Waals surface area contributed by atoms with Crippen molar-refractivity contribution in [2.75, 3.05) is 19.6 Å². The standard InChI is InChI=1S/C74H64N2.C72H60N2/c1-45-23-31-61(32-24-45)75(63-41-57(69-47(3)15-11-16-48(69)4)39-58(42-63)70-49(5)17-12-18-50(70)6)67-37-29-55-28-36-66-68(38-30-56-27-35-65(67)73(55)74(56)66)76(62-33-25-46(2)26-34-62)64-43-59(71-51(7)19-13-20-52(71)8)40-60(44-64)72-53(9)21-14-22-54(72)10;1-45-19-15-20-46(2)67(45)55-39-56(68-47(3)21-16-22-48(68)4)42-61(41-55)73(59-27-11-9-12-28-59)65-37-33-53-32-36-64-66(38-34-54-31-35-63(65)71(53)72(54)64)74(60-29-13-10-14-30-60)62-43-57(69-49(5)23-17-24-50(69)6)40-58(44-62)70-51(7)25-18-26-52(70)8/h11-44H,1-10H3;9-44H,1-8H3. The van der Waals surface area contributed by atoms with Crippen LogP contribution in [0, 0.1) is 125 Å². The zero-order valence-electron chi connectivity index (χ0n) is 89.2. The van der Waals surface area contributed by atoms with Crippen LogP contribution in [0.4, 0.5) is 68.2 Å². The molecule has 0 fully saturated rings. The fourth-order valence-corrected chi connectivity index (χ4v) is 24.8. The zero-order valence-corrected chi connectivity index (χ0v) is 89.2. The van der Waals surface area contributed by atoms with Crippen LogP contribution >= 0.6 is 0 Å². The molecule has 0 aromatic heterocycles. The average Bonchev–Trinajstić information content (AvgIpc) is 0.720. The predicted molar refractivity (Wildman–Crippen MR) is 648 cm³/mol. The molecule has 0 aliphatic carbocycles. The van der Waals surface area contributed by atoms with E-state index in [2.05, 4.69) is 569 Å². The summed E-state index contributed by atoms with van der Waals surface area (Å²) in [5, 5.41) is 14.7. The van der Waals surface area contributed by atoms with Gasteiger partial charge in [0, 0.05) is 67.0 Å². The van der Waals surface area contributed by atoms with E-state index in [0.717, 1.165) is 68.2 Å². The number of nitrogens with zero attached hydrogens (tertiary/aromatic N) is 4. The summed E-state index contributed by atoms with van der Waals surface area (Å²) in [6, 6.07) is 160. The highest BCUT2D eigenvalue weighted by atomic mass is 15.2. The second kappa shape index (κ2) is 39.4. The lowest BCUT2D eigenvalue weighted by molar-refractivity contribution is 1.28. The third kappa shape index (κ3) is 17.4. The minimum absolute atomic E-state index is 1.10. The van der Waals surface area contributed by atoms with Gasteiger partial charge in [-0.3, -0.25) is 0 Å². The SMILES string of the molecule is Cc1ccc(N(c2cc(-c3c(C)cccc3C)cc(-c3c(C)cccc3C)c2)c2ccc3ccc4c(N(c5ccc(C)cc5)c5cc(-c6c(C)cccc6C)cc(-c6c(C)cccc6C)c5)ccc5ccc2c3c54)cc1.Cc1cccc(C)c1-c1cc(-c2c(C)cccc2C)cc(N(c2ccccc2)c2ccc3ccc4c(N(c5ccccc5)c5cc(-c6c(C)cccc6C)cc(-c6c(C)cccc6C)c5)ccc5ccc2c3c54)c1. The molecule has 728 valence electrons. The first-order valence-corrected chi connectivity index (χ1v) is 52.8. The van der Waals surface area contributed by atoms with Gasteiger partial charge in [0.2, 0.25) is 0 Å². The highest BCUT2D eigenvalue weighted by Crippen LogP contribution is 2.55. The highest BCUT2D eigenvalue weighted by Gasteiger charge is 2.30. The molecule has 0 saturated carbocycles. The second-order valence-corrected chi connectivity index (χ2v) is 42.1. The Morgan fingerprint density at radius 2 is 0.273 bits per heavy atom. The zero-order chi connectivity index (χ0) is 103. The van der Waals surface area contributed by atoms with Gasteiger partial charge in [-0.2, -0.15) is 0 Å². The minimum Gasteiger partial charge on any atom is -0.310 e. The summed E-state index contributed by atoms with van der Waals surface area (Å²) in [5.74, 6) is 0. The summed E-state index contributed by atoms with van der Waals surface area (Å²) >= 11 is 0. The van der Waals surface area contributed by atoms with Gasteiger partial charge >= 0.3 is 0 Å². The van der Waals surface area contributed by atoms with Crippen LogP contribution in [0.3, 0.4) is 0 Å². The van der Waals surface area contributed by atoms with Crippen LogP contribution in [0.5, 0.6) is 0 Å². The number of benzene rings is 24. The molecule has 0 unspecified atom stereocenters. The van der Waals surface area contributed by atoms with Gasteiger partial charge in [0.15, 0.2) is 0 Å². The molecule has 0 spiro atoms. The maximum absolute atomic E-state index is 2.51. The molecule has 0 aliphatic rings. The molecule has 4 nitrogen and oxygen atoms in total. The summed E-state index contributed by atoms with van der Waals surface area (Å²) in [7, 11) is 0. The van der Waals surface area contributed by atoms with Crippen molar-refractivity contribution >= 4 is 133 Å². The first kappa shape index (κ1) is 96.0. The molecular formula is C146H124N4. The van der Waals surface area contributed by atoms with E-state index < -0.39 is 0 Å². The van der Waals surface area contributed by atoms with E-state index in [1.54, 1.807) is 0 Å². The van der Waals surface area contributed by atoms with Gasteiger partial charge in [-0.1, -0.05) is 290 Å². The smallest absolute Gasteiger partial charge is 0.0540 e. The van der Waals surface area contributed by atoms with Gasteiger partial charge in [-0.05, 0) is 491 Å². The van der Waals surface area contributed by atoms with E-state index in [4.69, 9.17) is 0 Å². The Labute approximate surface area is 884 Å². The van der Waals surface area contributed by atoms with Gasteiger partial charge < -0.3 is 19.6 Å². The van der Waals surface area contributed by atoms with E-state index >= 15 is 0 Å². The van der Waals surface area contributed by atoms with E-state index in [9.17, 15) is 0 Å². The monoisotopic (exact) mass is 1930 g/mol. The number of hydrogen-bond acceptors (Lipinski definition) is 4. The first-order chi connectivity index (χ1) is 72.8. The van der Waals surface area contributed by atoms with Crippen molar-refractivity contribution in [3.63, 3.8) is 0 Å². The van der Waals surface area contributed by atoms with E-state index in [0.29, 0.717) is 0 Å². The predicted octanol–water partition coefficient (Wildman–Crippen LogP) is 41.9. The molecule has 4 heteroatoms. The normalized spacial score (nSPS) is 11.5. The number of para-hydroxylation sites is 2. The number of aryl methyl sites for hydroxylation is 18. The molecule has 24 aromatic carbocycles. The van der Waals surface area contributed by atoms with Crippen molar-refractivity contribution in [1.82, 2.24) is 0 Å².